The van der Waals surface area contributed by atoms with Gasteiger partial charge in [0, 0.05) is 19.1 Å². The van der Waals surface area contributed by atoms with E-state index in [0.717, 1.165) is 31.5 Å². The Morgan fingerprint density at radius 2 is 1.85 bits per heavy atom. The normalized spacial score (nSPS) is 36.5. The van der Waals surface area contributed by atoms with Crippen LogP contribution in [-0.2, 0) is 10.0 Å². The molecule has 4 atom stereocenters. The minimum absolute atomic E-state index is 0.102. The summed E-state index contributed by atoms with van der Waals surface area (Å²) in [5.41, 5.74) is 1.09. The Labute approximate surface area is 120 Å². The van der Waals surface area contributed by atoms with Crippen LogP contribution in [0, 0.1) is 12.8 Å². The molecule has 3 bridgehead atoms. The molecular weight excluding hydrogens is 272 g/mol. The van der Waals surface area contributed by atoms with Gasteiger partial charge in [-0.2, -0.15) is 4.31 Å². The molecule has 5 heteroatoms. The zero-order valence-electron chi connectivity index (χ0n) is 11.7. The van der Waals surface area contributed by atoms with Crippen LogP contribution in [0.2, 0.25) is 0 Å². The highest BCUT2D eigenvalue weighted by Gasteiger charge is 2.52. The van der Waals surface area contributed by atoms with E-state index in [-0.39, 0.29) is 12.2 Å². The molecule has 0 radical (unpaired) electrons. The van der Waals surface area contributed by atoms with Crippen molar-refractivity contribution in [1.82, 2.24) is 9.21 Å². The predicted molar refractivity (Wildman–Crippen MR) is 76.7 cm³/mol. The van der Waals surface area contributed by atoms with Gasteiger partial charge in [0.2, 0.25) is 10.0 Å². The van der Waals surface area contributed by atoms with Crippen molar-refractivity contribution < 1.29 is 8.42 Å². The summed E-state index contributed by atoms with van der Waals surface area (Å²) in [6.07, 6.45) is 3.31. The first kappa shape index (κ1) is 12.8. The lowest BCUT2D eigenvalue weighted by Gasteiger charge is -2.36. The van der Waals surface area contributed by atoms with Crippen molar-refractivity contribution in [2.75, 3.05) is 13.1 Å². The summed E-state index contributed by atoms with van der Waals surface area (Å²) in [5.74, 6) is 0.697. The standard InChI is InChI=1S/C15H20N2O2S/c1-11-2-5-14(6-3-11)20(18,19)17-13-8-12-4-7-15(17)16(9-12)10-13/h2-3,5-6,12-13,15H,4,7-10H2,1H3. The Hall–Kier alpha value is -0.910. The third-order valence-corrected chi connectivity index (χ3v) is 7.01. The van der Waals surface area contributed by atoms with Crippen molar-refractivity contribution in [3.05, 3.63) is 29.8 Å². The molecule has 0 N–H and O–H groups in total. The van der Waals surface area contributed by atoms with Gasteiger partial charge in [0.15, 0.2) is 0 Å². The van der Waals surface area contributed by atoms with E-state index in [1.807, 2.05) is 23.4 Å². The molecule has 0 aromatic heterocycles. The van der Waals surface area contributed by atoms with Gasteiger partial charge in [0.1, 0.15) is 0 Å². The van der Waals surface area contributed by atoms with E-state index in [1.165, 1.54) is 6.42 Å². The summed E-state index contributed by atoms with van der Waals surface area (Å²) in [5, 5.41) is 0. The lowest BCUT2D eigenvalue weighted by Crippen LogP contribution is -2.45. The molecule has 3 heterocycles. The quantitative estimate of drug-likeness (QED) is 0.835. The van der Waals surface area contributed by atoms with Gasteiger partial charge >= 0.3 is 0 Å². The number of aryl methyl sites for hydroxylation is 1. The maximum atomic E-state index is 13.0. The zero-order chi connectivity index (χ0) is 13.9. The minimum Gasteiger partial charge on any atom is -0.285 e. The number of rotatable bonds is 2. The fourth-order valence-corrected chi connectivity index (χ4v) is 5.96. The van der Waals surface area contributed by atoms with E-state index in [9.17, 15) is 8.42 Å². The van der Waals surface area contributed by atoms with Crippen LogP contribution in [0.1, 0.15) is 24.8 Å². The molecule has 0 saturated carbocycles. The molecule has 0 amide bonds. The second kappa shape index (κ2) is 4.29. The molecule has 1 aromatic rings. The second-order valence-corrected chi connectivity index (χ2v) is 8.26. The van der Waals surface area contributed by atoms with Crippen LogP contribution in [0.5, 0.6) is 0 Å². The summed E-state index contributed by atoms with van der Waals surface area (Å²) < 4.78 is 27.8. The average Bonchev–Trinajstić information content (AvgIpc) is 2.58. The number of hydrogen-bond acceptors (Lipinski definition) is 3. The fourth-order valence-electron chi connectivity index (χ4n) is 4.13. The van der Waals surface area contributed by atoms with Gasteiger partial charge in [-0.15, -0.1) is 0 Å². The fraction of sp³-hybridized carbons (Fsp3) is 0.600. The first-order chi connectivity index (χ1) is 9.55. The van der Waals surface area contributed by atoms with Crippen molar-refractivity contribution in [2.45, 2.75) is 43.3 Å². The van der Waals surface area contributed by atoms with Gasteiger partial charge in [-0.25, -0.2) is 8.42 Å². The van der Waals surface area contributed by atoms with Gasteiger partial charge in [-0.1, -0.05) is 17.7 Å². The van der Waals surface area contributed by atoms with Gasteiger partial charge < -0.3 is 0 Å². The van der Waals surface area contributed by atoms with Gasteiger partial charge in [-0.3, -0.25) is 4.90 Å². The zero-order valence-corrected chi connectivity index (χ0v) is 12.5. The van der Waals surface area contributed by atoms with Crippen LogP contribution < -0.4 is 0 Å². The molecule has 108 valence electrons. The third kappa shape index (κ3) is 1.76. The number of piperidine rings is 2. The molecule has 3 aliphatic rings. The average molecular weight is 292 g/mol. The smallest absolute Gasteiger partial charge is 0.244 e. The van der Waals surface area contributed by atoms with Crippen molar-refractivity contribution in [1.29, 1.82) is 0 Å². The predicted octanol–water partition coefficient (Wildman–Crippen LogP) is 1.81. The van der Waals surface area contributed by atoms with Crippen LogP contribution in [0.15, 0.2) is 29.2 Å². The highest BCUT2D eigenvalue weighted by Crippen LogP contribution is 2.43. The molecule has 0 spiro atoms. The van der Waals surface area contributed by atoms with Crippen molar-refractivity contribution in [3.8, 4) is 0 Å². The van der Waals surface area contributed by atoms with Gasteiger partial charge in [-0.05, 0) is 44.2 Å². The highest BCUT2D eigenvalue weighted by molar-refractivity contribution is 7.89. The number of hydrogen-bond donors (Lipinski definition) is 0. The SMILES string of the molecule is Cc1ccc(S(=O)(=O)N2C3CC4CCC2N(C4)C3)cc1. The molecule has 20 heavy (non-hydrogen) atoms. The van der Waals surface area contributed by atoms with Crippen LogP contribution in [0.3, 0.4) is 0 Å². The molecule has 1 aromatic carbocycles. The number of nitrogens with zero attached hydrogens (tertiary/aromatic N) is 2. The summed E-state index contributed by atoms with van der Waals surface area (Å²) in [6, 6.07) is 7.44. The van der Waals surface area contributed by atoms with Crippen LogP contribution in [-0.4, -0.2) is 42.9 Å². The summed E-state index contributed by atoms with van der Waals surface area (Å²) >= 11 is 0. The number of sulfonamides is 1. The molecule has 4 rings (SSSR count). The van der Waals surface area contributed by atoms with Crippen molar-refractivity contribution in [3.63, 3.8) is 0 Å². The van der Waals surface area contributed by atoms with Crippen molar-refractivity contribution in [2.24, 2.45) is 5.92 Å². The lowest BCUT2D eigenvalue weighted by molar-refractivity contribution is 0.111. The topological polar surface area (TPSA) is 40.6 Å². The number of fused-ring (bicyclic) bond motifs is 2. The maximum Gasteiger partial charge on any atom is 0.244 e. The maximum absolute atomic E-state index is 13.0. The van der Waals surface area contributed by atoms with Crippen LogP contribution in [0.4, 0.5) is 0 Å². The highest BCUT2D eigenvalue weighted by atomic mass is 32.2. The Balaban J connectivity index is 1.74. The molecule has 4 unspecified atom stereocenters. The first-order valence-corrected chi connectivity index (χ1v) is 8.84. The van der Waals surface area contributed by atoms with Crippen molar-refractivity contribution >= 4 is 10.0 Å². The van der Waals surface area contributed by atoms with Gasteiger partial charge in [0.25, 0.3) is 0 Å². The number of benzene rings is 1. The summed E-state index contributed by atoms with van der Waals surface area (Å²) in [4.78, 5) is 2.81. The molecule has 3 fully saturated rings. The molecule has 3 aliphatic heterocycles. The van der Waals surface area contributed by atoms with E-state index in [1.54, 1.807) is 12.1 Å². The summed E-state index contributed by atoms with van der Waals surface area (Å²) in [7, 11) is -3.35. The summed E-state index contributed by atoms with van der Waals surface area (Å²) in [6.45, 7) is 3.99. The Morgan fingerprint density at radius 1 is 1.10 bits per heavy atom. The Kier molecular flexibility index (Phi) is 2.75. The second-order valence-electron chi connectivity index (χ2n) is 6.42. The van der Waals surface area contributed by atoms with E-state index in [0.29, 0.717) is 10.8 Å². The lowest BCUT2D eigenvalue weighted by atomic mass is 9.90. The molecular formula is C15H20N2O2S. The van der Waals surface area contributed by atoms with E-state index < -0.39 is 10.0 Å². The van der Waals surface area contributed by atoms with E-state index in [2.05, 4.69) is 4.90 Å². The van der Waals surface area contributed by atoms with E-state index >= 15 is 0 Å². The third-order valence-electron chi connectivity index (χ3n) is 5.05. The van der Waals surface area contributed by atoms with Crippen LogP contribution >= 0.6 is 0 Å². The largest absolute Gasteiger partial charge is 0.285 e. The monoisotopic (exact) mass is 292 g/mol. The minimum atomic E-state index is -3.35. The first-order valence-electron chi connectivity index (χ1n) is 7.40. The van der Waals surface area contributed by atoms with Gasteiger partial charge in [0.05, 0.1) is 11.1 Å². The molecule has 4 nitrogen and oxygen atoms in total. The van der Waals surface area contributed by atoms with Crippen LogP contribution in [0.25, 0.3) is 0 Å². The molecule has 0 aliphatic carbocycles. The molecule has 3 saturated heterocycles. The Bertz CT molecular complexity index is 626. The Morgan fingerprint density at radius 3 is 2.60 bits per heavy atom. The van der Waals surface area contributed by atoms with E-state index in [4.69, 9.17) is 0 Å².